The molecule has 0 heterocycles. The molecule has 0 saturated heterocycles. The topological polar surface area (TPSA) is 119 Å². The second kappa shape index (κ2) is 9.64. The Morgan fingerprint density at radius 1 is 0.714 bits per heavy atom. The van der Waals surface area contributed by atoms with E-state index in [0.717, 1.165) is 64.2 Å². The zero-order chi connectivity index (χ0) is 20.6. The van der Waals surface area contributed by atoms with Crippen LogP contribution in [0.25, 0.3) is 0 Å². The van der Waals surface area contributed by atoms with Gasteiger partial charge in [-0.25, -0.2) is 0 Å². The zero-order valence-electron chi connectivity index (χ0n) is 16.6. The zero-order valence-corrected chi connectivity index (χ0v) is 16.6. The summed E-state index contributed by atoms with van der Waals surface area (Å²) < 4.78 is 10.3. The lowest BCUT2D eigenvalue weighted by molar-refractivity contribution is -0.234. The van der Waals surface area contributed by atoms with Gasteiger partial charge in [0.2, 0.25) is 11.2 Å². The van der Waals surface area contributed by atoms with Crippen LogP contribution < -0.4 is 0 Å². The molecule has 2 aliphatic carbocycles. The smallest absolute Gasteiger partial charge is 0.410 e. The van der Waals surface area contributed by atoms with E-state index >= 15 is 0 Å². The predicted octanol–water partition coefficient (Wildman–Crippen LogP) is 4.93. The molecule has 8 heteroatoms. The molecular formula is C20H28N2O6. The Bertz CT molecular complexity index is 586. The van der Waals surface area contributed by atoms with Gasteiger partial charge in [-0.15, -0.1) is 0 Å². The number of nitrogens with zero attached hydrogens (tertiary/aromatic N) is 2. The van der Waals surface area contributed by atoms with Gasteiger partial charge in [-0.3, -0.25) is 0 Å². The van der Waals surface area contributed by atoms with Crippen molar-refractivity contribution in [2.75, 3.05) is 0 Å². The second-order valence-corrected chi connectivity index (χ2v) is 7.98. The largest absolute Gasteiger partial charge is 0.551 e. The Labute approximate surface area is 165 Å². The Balaban J connectivity index is 1.84. The highest BCUT2D eigenvalue weighted by atomic mass is 17.3. The maximum atomic E-state index is 11.9. The van der Waals surface area contributed by atoms with Gasteiger partial charge in [0.25, 0.3) is 0 Å². The van der Waals surface area contributed by atoms with E-state index in [4.69, 9.17) is 9.47 Å². The third kappa shape index (κ3) is 5.51. The molecule has 2 rings (SSSR count). The minimum absolute atomic E-state index is 0.0982. The van der Waals surface area contributed by atoms with Crippen LogP contribution in [-0.4, -0.2) is 23.5 Å². The lowest BCUT2D eigenvalue weighted by Gasteiger charge is -2.33. The van der Waals surface area contributed by atoms with Crippen LogP contribution >= 0.6 is 0 Å². The number of carbonyl (C=O) groups is 2. The van der Waals surface area contributed by atoms with E-state index < -0.39 is 23.5 Å². The highest BCUT2D eigenvalue weighted by Gasteiger charge is 2.42. The molecule has 0 bridgehead atoms. The quantitative estimate of drug-likeness (QED) is 0.375. The van der Waals surface area contributed by atoms with Crippen molar-refractivity contribution >= 4 is 12.3 Å². The third-order valence-electron chi connectivity index (χ3n) is 5.98. The molecule has 0 spiro atoms. The summed E-state index contributed by atoms with van der Waals surface area (Å²) >= 11 is 0. The number of nitriles is 2. The highest BCUT2D eigenvalue weighted by Crippen LogP contribution is 2.36. The summed E-state index contributed by atoms with van der Waals surface area (Å²) in [6.45, 7) is 3.05. The standard InChI is InChI=1S/C20H28N2O6/c1-19(13-21,15-9-5-3-6-10-15)25-17(23)27-28-18(24)26-20(2,14-22)16-11-7-4-8-12-16/h15-16H,3-12H2,1-2H3. The average Bonchev–Trinajstić information content (AvgIpc) is 2.73. The molecule has 2 saturated carbocycles. The molecule has 0 amide bonds. The monoisotopic (exact) mass is 392 g/mol. The fraction of sp³-hybridized carbons (Fsp3) is 0.800. The second-order valence-electron chi connectivity index (χ2n) is 7.98. The predicted molar refractivity (Wildman–Crippen MR) is 96.3 cm³/mol. The summed E-state index contributed by atoms with van der Waals surface area (Å²) in [5, 5.41) is 18.9. The van der Waals surface area contributed by atoms with Crippen molar-refractivity contribution in [3.8, 4) is 12.1 Å². The summed E-state index contributed by atoms with van der Waals surface area (Å²) in [5.41, 5.74) is -2.71. The molecule has 2 unspecified atom stereocenters. The van der Waals surface area contributed by atoms with Gasteiger partial charge >= 0.3 is 12.3 Å². The summed E-state index contributed by atoms with van der Waals surface area (Å²) in [6, 6.07) is 4.04. The van der Waals surface area contributed by atoms with Gasteiger partial charge in [-0.05, 0) is 39.5 Å². The van der Waals surface area contributed by atoms with Gasteiger partial charge in [-0.1, -0.05) is 38.5 Å². The molecule has 2 fully saturated rings. The molecule has 0 aromatic rings. The Morgan fingerprint density at radius 3 is 1.32 bits per heavy atom. The fourth-order valence-electron chi connectivity index (χ4n) is 4.15. The van der Waals surface area contributed by atoms with Crippen molar-refractivity contribution in [1.82, 2.24) is 0 Å². The van der Waals surface area contributed by atoms with Crippen LogP contribution in [0.1, 0.15) is 78.1 Å². The van der Waals surface area contributed by atoms with Crippen molar-refractivity contribution in [1.29, 1.82) is 10.5 Å². The van der Waals surface area contributed by atoms with Crippen LogP contribution in [0, 0.1) is 34.5 Å². The Hall–Kier alpha value is -2.48. The van der Waals surface area contributed by atoms with Crippen molar-refractivity contribution in [2.24, 2.45) is 11.8 Å². The molecule has 28 heavy (non-hydrogen) atoms. The van der Waals surface area contributed by atoms with Crippen molar-refractivity contribution < 1.29 is 28.8 Å². The van der Waals surface area contributed by atoms with Crippen molar-refractivity contribution in [2.45, 2.75) is 89.3 Å². The average molecular weight is 392 g/mol. The minimum atomic E-state index is -1.35. The van der Waals surface area contributed by atoms with Crippen LogP contribution in [0.15, 0.2) is 0 Å². The van der Waals surface area contributed by atoms with E-state index in [1.807, 2.05) is 12.1 Å². The molecule has 0 aromatic carbocycles. The van der Waals surface area contributed by atoms with Crippen LogP contribution in [0.4, 0.5) is 9.59 Å². The van der Waals surface area contributed by atoms with E-state index in [1.54, 1.807) is 0 Å². The number of carbonyl (C=O) groups excluding carboxylic acids is 2. The van der Waals surface area contributed by atoms with Gasteiger partial charge < -0.3 is 9.47 Å². The van der Waals surface area contributed by atoms with Crippen molar-refractivity contribution in [3.63, 3.8) is 0 Å². The molecule has 0 radical (unpaired) electrons. The lowest BCUT2D eigenvalue weighted by atomic mass is 9.78. The van der Waals surface area contributed by atoms with Gasteiger partial charge in [0.15, 0.2) is 0 Å². The molecule has 2 atom stereocenters. The number of hydrogen-bond donors (Lipinski definition) is 0. The third-order valence-corrected chi connectivity index (χ3v) is 5.98. The maximum Gasteiger partial charge on any atom is 0.551 e. The van der Waals surface area contributed by atoms with Crippen LogP contribution in [0.2, 0.25) is 0 Å². The normalized spacial score (nSPS) is 22.4. The van der Waals surface area contributed by atoms with E-state index in [0.29, 0.717) is 0 Å². The van der Waals surface area contributed by atoms with E-state index in [9.17, 15) is 20.1 Å². The van der Waals surface area contributed by atoms with Gasteiger partial charge in [-0.2, -0.15) is 29.9 Å². The number of ether oxygens (including phenoxy) is 2. The van der Waals surface area contributed by atoms with E-state index in [1.165, 1.54) is 13.8 Å². The number of rotatable bonds is 4. The first-order chi connectivity index (χ1) is 13.3. The number of hydrogen-bond acceptors (Lipinski definition) is 8. The SMILES string of the molecule is CC(C#N)(OC(=O)OOC(=O)OC(C)(C#N)C1CCCCC1)C1CCCCC1. The molecule has 8 nitrogen and oxygen atoms in total. The summed E-state index contributed by atoms with van der Waals surface area (Å²) in [6.07, 6.45) is 6.61. The molecule has 0 aromatic heterocycles. The minimum Gasteiger partial charge on any atom is -0.410 e. The first kappa shape index (κ1) is 21.8. The molecule has 0 aliphatic heterocycles. The van der Waals surface area contributed by atoms with Crippen LogP contribution in [0.3, 0.4) is 0 Å². The molecule has 0 N–H and O–H groups in total. The summed E-state index contributed by atoms with van der Waals surface area (Å²) in [7, 11) is 0. The van der Waals surface area contributed by atoms with Crippen LogP contribution in [-0.2, 0) is 19.2 Å². The Kier molecular flexibility index (Phi) is 7.51. The summed E-state index contributed by atoms with van der Waals surface area (Å²) in [4.78, 5) is 32.6. The lowest BCUT2D eigenvalue weighted by Crippen LogP contribution is -2.41. The van der Waals surface area contributed by atoms with Crippen LogP contribution in [0.5, 0.6) is 0 Å². The van der Waals surface area contributed by atoms with E-state index in [-0.39, 0.29) is 11.8 Å². The highest BCUT2D eigenvalue weighted by molar-refractivity contribution is 5.64. The fourth-order valence-corrected chi connectivity index (χ4v) is 4.15. The molecular weight excluding hydrogens is 364 g/mol. The van der Waals surface area contributed by atoms with Gasteiger partial charge in [0, 0.05) is 11.8 Å². The van der Waals surface area contributed by atoms with Gasteiger partial charge in [0.1, 0.15) is 12.1 Å². The van der Waals surface area contributed by atoms with Crippen molar-refractivity contribution in [3.05, 3.63) is 0 Å². The summed E-state index contributed by atoms with van der Waals surface area (Å²) in [5.74, 6) is -0.196. The molecule has 2 aliphatic rings. The van der Waals surface area contributed by atoms with Gasteiger partial charge in [0.05, 0.1) is 0 Å². The first-order valence-corrected chi connectivity index (χ1v) is 9.96. The van der Waals surface area contributed by atoms with E-state index in [2.05, 4.69) is 9.78 Å². The Morgan fingerprint density at radius 2 is 1.04 bits per heavy atom. The molecule has 154 valence electrons. The first-order valence-electron chi connectivity index (χ1n) is 9.96. The maximum absolute atomic E-state index is 11.9.